The van der Waals surface area contributed by atoms with Gasteiger partial charge in [-0.25, -0.2) is 0 Å². The fraction of sp³-hybridized carbons (Fsp3) is 0.556. The number of halogens is 6. The lowest BCUT2D eigenvalue weighted by molar-refractivity contribution is -0.174. The van der Waals surface area contributed by atoms with E-state index in [4.69, 9.17) is 23.2 Å². The zero-order valence-corrected chi connectivity index (χ0v) is 12.3. The van der Waals surface area contributed by atoms with E-state index in [9.17, 15) is 13.2 Å². The van der Waals surface area contributed by atoms with Gasteiger partial charge in [-0.2, -0.15) is 13.2 Å². The average molecular weight is 372 g/mol. The van der Waals surface area contributed by atoms with E-state index in [0.717, 1.165) is 9.35 Å². The maximum Gasteiger partial charge on any atom is 0.411 e. The molecule has 0 aliphatic heterocycles. The van der Waals surface area contributed by atoms with Gasteiger partial charge in [0, 0.05) is 16.0 Å². The lowest BCUT2D eigenvalue weighted by Crippen LogP contribution is -2.17. The molecule has 0 radical (unpaired) electrons. The Labute approximate surface area is 119 Å². The van der Waals surface area contributed by atoms with Gasteiger partial charge in [-0.3, -0.25) is 0 Å². The van der Waals surface area contributed by atoms with Gasteiger partial charge in [0.2, 0.25) is 0 Å². The summed E-state index contributed by atoms with van der Waals surface area (Å²) in [6, 6.07) is 1.76. The summed E-state index contributed by atoms with van der Waals surface area (Å²) in [4.78, 5) is 0.805. The van der Waals surface area contributed by atoms with Gasteiger partial charge in [0.1, 0.15) is 10.9 Å². The van der Waals surface area contributed by atoms with Crippen LogP contribution in [0.15, 0.2) is 10.5 Å². The topological polar surface area (TPSA) is 9.23 Å². The van der Waals surface area contributed by atoms with Crippen molar-refractivity contribution < 1.29 is 17.9 Å². The van der Waals surface area contributed by atoms with E-state index in [1.54, 1.807) is 6.07 Å². The van der Waals surface area contributed by atoms with Crippen molar-refractivity contribution in [3.05, 3.63) is 19.8 Å². The van der Waals surface area contributed by atoms with E-state index < -0.39 is 18.2 Å². The van der Waals surface area contributed by atoms with Crippen LogP contribution in [-0.4, -0.2) is 19.4 Å². The maximum atomic E-state index is 11.8. The minimum atomic E-state index is -4.29. The molecule has 1 heterocycles. The molecule has 0 aliphatic carbocycles. The first-order valence-electron chi connectivity index (χ1n) is 4.53. The van der Waals surface area contributed by atoms with E-state index in [1.807, 2.05) is 0 Å². The zero-order valence-electron chi connectivity index (χ0n) is 8.36. The van der Waals surface area contributed by atoms with Crippen LogP contribution in [0.4, 0.5) is 13.2 Å². The fourth-order valence-corrected chi connectivity index (χ4v) is 3.07. The summed E-state index contributed by atoms with van der Waals surface area (Å²) in [5, 5.41) is -0.392. The predicted octanol–water partition coefficient (Wildman–Crippen LogP) is 5.41. The molecule has 0 saturated carbocycles. The lowest BCUT2D eigenvalue weighted by atomic mass is 10.3. The summed E-state index contributed by atoms with van der Waals surface area (Å²) in [5.74, 6) is 0. The second kappa shape index (κ2) is 6.61. The quantitative estimate of drug-likeness (QED) is 0.496. The summed E-state index contributed by atoms with van der Waals surface area (Å²) in [7, 11) is 0. The van der Waals surface area contributed by atoms with E-state index >= 15 is 0 Å². The Bertz CT molecular complexity index is 350. The molecule has 1 nitrogen and oxygen atoms in total. The van der Waals surface area contributed by atoms with Crippen molar-refractivity contribution in [2.24, 2.45) is 0 Å². The average Bonchev–Trinajstić information content (AvgIpc) is 2.52. The van der Waals surface area contributed by atoms with E-state index in [1.165, 1.54) is 11.3 Å². The Morgan fingerprint density at radius 2 is 2.12 bits per heavy atom. The Kier molecular flexibility index (Phi) is 6.05. The third kappa shape index (κ3) is 5.79. The van der Waals surface area contributed by atoms with Crippen LogP contribution in [0.2, 0.25) is 4.34 Å². The summed E-state index contributed by atoms with van der Waals surface area (Å²) < 4.78 is 41.1. The first-order chi connectivity index (χ1) is 7.79. The van der Waals surface area contributed by atoms with Crippen LogP contribution in [0.25, 0.3) is 0 Å². The van der Waals surface area contributed by atoms with Crippen molar-refractivity contribution in [3.8, 4) is 0 Å². The molecule has 17 heavy (non-hydrogen) atoms. The molecule has 1 rings (SSSR count). The molecule has 98 valence electrons. The van der Waals surface area contributed by atoms with Crippen molar-refractivity contribution in [2.45, 2.75) is 18.0 Å². The summed E-state index contributed by atoms with van der Waals surface area (Å²) in [5.41, 5.74) is 0. The Morgan fingerprint density at radius 3 is 2.59 bits per heavy atom. The standard InChI is InChI=1S/C9H8BrCl2F3OS/c10-5-3-7(17-8(5)12)6(11)1-2-16-4-9(13,14)15/h3,6H,1-2,4H2. The fourth-order valence-electron chi connectivity index (χ4n) is 1.03. The third-order valence-electron chi connectivity index (χ3n) is 1.75. The minimum Gasteiger partial charge on any atom is -0.372 e. The van der Waals surface area contributed by atoms with Gasteiger partial charge in [0.25, 0.3) is 0 Å². The molecule has 0 amide bonds. The second-order valence-electron chi connectivity index (χ2n) is 3.19. The molecule has 0 bridgehead atoms. The number of rotatable bonds is 5. The smallest absolute Gasteiger partial charge is 0.372 e. The predicted molar refractivity (Wildman–Crippen MR) is 67.1 cm³/mol. The number of alkyl halides is 4. The molecule has 0 N–H and O–H groups in total. The van der Waals surface area contributed by atoms with Crippen LogP contribution in [0.5, 0.6) is 0 Å². The molecule has 0 aliphatic rings. The van der Waals surface area contributed by atoms with E-state index in [2.05, 4.69) is 20.7 Å². The van der Waals surface area contributed by atoms with Crippen LogP contribution in [-0.2, 0) is 4.74 Å². The SMILES string of the molecule is FC(F)(F)COCCC(Cl)c1cc(Br)c(Cl)s1. The van der Waals surface area contributed by atoms with Crippen molar-refractivity contribution in [1.82, 2.24) is 0 Å². The maximum absolute atomic E-state index is 11.8. The van der Waals surface area contributed by atoms with Crippen molar-refractivity contribution >= 4 is 50.5 Å². The molecule has 1 atom stereocenters. The molecule has 1 aromatic heterocycles. The largest absolute Gasteiger partial charge is 0.411 e. The highest BCUT2D eigenvalue weighted by molar-refractivity contribution is 9.10. The summed E-state index contributed by atoms with van der Waals surface area (Å²) in [6.45, 7) is -1.29. The molecule has 0 fully saturated rings. The normalized spacial score (nSPS) is 14.0. The van der Waals surface area contributed by atoms with Gasteiger partial charge in [-0.1, -0.05) is 11.6 Å². The summed E-state index contributed by atoms with van der Waals surface area (Å²) in [6.07, 6.45) is -3.99. The van der Waals surface area contributed by atoms with Gasteiger partial charge >= 0.3 is 6.18 Å². The van der Waals surface area contributed by atoms with Crippen LogP contribution in [0, 0.1) is 0 Å². The number of hydrogen-bond acceptors (Lipinski definition) is 2. The van der Waals surface area contributed by atoms with Crippen molar-refractivity contribution in [3.63, 3.8) is 0 Å². The first kappa shape index (κ1) is 15.6. The van der Waals surface area contributed by atoms with Crippen molar-refractivity contribution in [2.75, 3.05) is 13.2 Å². The monoisotopic (exact) mass is 370 g/mol. The highest BCUT2D eigenvalue weighted by atomic mass is 79.9. The van der Waals surface area contributed by atoms with E-state index in [0.29, 0.717) is 10.8 Å². The third-order valence-corrected chi connectivity index (χ3v) is 4.93. The minimum absolute atomic E-state index is 0.0409. The molecule has 1 unspecified atom stereocenters. The van der Waals surface area contributed by atoms with Gasteiger partial charge < -0.3 is 4.74 Å². The molecule has 1 aromatic rings. The second-order valence-corrected chi connectivity index (χ2v) is 6.26. The van der Waals surface area contributed by atoms with Gasteiger partial charge in [-0.05, 0) is 28.4 Å². The molecule has 0 spiro atoms. The number of thiophene rings is 1. The number of ether oxygens (including phenoxy) is 1. The van der Waals surface area contributed by atoms with Gasteiger partial charge in [0.15, 0.2) is 0 Å². The molecular formula is C9H8BrCl2F3OS. The Morgan fingerprint density at radius 1 is 1.47 bits per heavy atom. The Hall–Kier alpha value is 0.510. The van der Waals surface area contributed by atoms with Crippen LogP contribution < -0.4 is 0 Å². The first-order valence-corrected chi connectivity index (χ1v) is 6.95. The molecule has 8 heteroatoms. The number of hydrogen-bond donors (Lipinski definition) is 0. The highest BCUT2D eigenvalue weighted by Gasteiger charge is 2.27. The van der Waals surface area contributed by atoms with Crippen LogP contribution in [0.3, 0.4) is 0 Å². The Balaban J connectivity index is 2.33. The van der Waals surface area contributed by atoms with Gasteiger partial charge in [0.05, 0.1) is 5.38 Å². The van der Waals surface area contributed by atoms with Gasteiger partial charge in [-0.15, -0.1) is 22.9 Å². The zero-order chi connectivity index (χ0) is 13.1. The summed E-state index contributed by atoms with van der Waals surface area (Å²) >= 11 is 16.4. The van der Waals surface area contributed by atoms with Crippen molar-refractivity contribution in [1.29, 1.82) is 0 Å². The van der Waals surface area contributed by atoms with Crippen LogP contribution in [0.1, 0.15) is 16.7 Å². The molecule has 0 aromatic carbocycles. The molecular weight excluding hydrogens is 364 g/mol. The highest BCUT2D eigenvalue weighted by Crippen LogP contribution is 2.38. The van der Waals surface area contributed by atoms with E-state index in [-0.39, 0.29) is 6.61 Å². The molecule has 0 saturated heterocycles. The lowest BCUT2D eigenvalue weighted by Gasteiger charge is -2.09. The van der Waals surface area contributed by atoms with Crippen LogP contribution >= 0.6 is 50.5 Å².